The fourth-order valence-corrected chi connectivity index (χ4v) is 3.57. The summed E-state index contributed by atoms with van der Waals surface area (Å²) in [4.78, 5) is 26.9. The van der Waals surface area contributed by atoms with Crippen LogP contribution in [0.4, 0.5) is 10.1 Å². The Labute approximate surface area is 157 Å². The highest BCUT2D eigenvalue weighted by Crippen LogP contribution is 2.20. The molecule has 0 radical (unpaired) electrons. The van der Waals surface area contributed by atoms with Crippen molar-refractivity contribution in [2.75, 3.05) is 0 Å². The Hall–Kier alpha value is -3.39. The lowest BCUT2D eigenvalue weighted by Crippen LogP contribution is -2.16. The molecule has 136 valence electrons. The van der Waals surface area contributed by atoms with Gasteiger partial charge in [-0.05, 0) is 23.8 Å². The third-order valence-corrected chi connectivity index (χ3v) is 4.71. The van der Waals surface area contributed by atoms with Crippen LogP contribution in [-0.4, -0.2) is 15.4 Å². The van der Waals surface area contributed by atoms with Crippen LogP contribution in [0.2, 0.25) is 0 Å². The molecule has 6 nitrogen and oxygen atoms in total. The molecule has 0 fully saturated rings. The second kappa shape index (κ2) is 7.88. The number of carbonyl (C=O) groups excluding carboxylic acids is 1. The first-order valence-electron chi connectivity index (χ1n) is 7.89. The molecule has 1 amide bonds. The topological polar surface area (TPSA) is 77.5 Å². The summed E-state index contributed by atoms with van der Waals surface area (Å²) in [6.07, 6.45) is 4.27. The van der Waals surface area contributed by atoms with Crippen LogP contribution < -0.4 is 4.80 Å². The van der Waals surface area contributed by atoms with Crippen LogP contribution in [0.1, 0.15) is 5.56 Å². The number of nitro groups is 1. The van der Waals surface area contributed by atoms with Crippen LogP contribution in [0.5, 0.6) is 0 Å². The molecule has 8 heteroatoms. The summed E-state index contributed by atoms with van der Waals surface area (Å²) >= 11 is 1.20. The van der Waals surface area contributed by atoms with Gasteiger partial charge in [0.05, 0.1) is 15.1 Å². The minimum Gasteiger partial charge on any atom is -0.310 e. The number of thiazole rings is 1. The van der Waals surface area contributed by atoms with Gasteiger partial charge in [0.2, 0.25) is 0 Å². The fourth-order valence-electron chi connectivity index (χ4n) is 2.51. The molecule has 0 spiro atoms. The molecule has 27 heavy (non-hydrogen) atoms. The number of allylic oxidation sites excluding steroid dienone is 1. The highest BCUT2D eigenvalue weighted by molar-refractivity contribution is 7.16. The summed E-state index contributed by atoms with van der Waals surface area (Å²) in [5.41, 5.74) is 0.816. The van der Waals surface area contributed by atoms with Gasteiger partial charge in [-0.2, -0.15) is 4.99 Å². The van der Waals surface area contributed by atoms with Crippen LogP contribution in [0.25, 0.3) is 16.3 Å². The van der Waals surface area contributed by atoms with Crippen molar-refractivity contribution in [3.8, 4) is 0 Å². The predicted molar refractivity (Wildman–Crippen MR) is 103 cm³/mol. The Kier molecular flexibility index (Phi) is 5.37. The second-order valence-electron chi connectivity index (χ2n) is 5.51. The number of aromatic nitrogens is 1. The van der Waals surface area contributed by atoms with E-state index in [0.717, 1.165) is 0 Å². The number of nitro benzene ring substituents is 1. The van der Waals surface area contributed by atoms with Gasteiger partial charge in [0.15, 0.2) is 4.80 Å². The first-order chi connectivity index (χ1) is 13.0. The van der Waals surface area contributed by atoms with Crippen LogP contribution >= 0.6 is 11.3 Å². The maximum absolute atomic E-state index is 14.1. The molecule has 3 rings (SSSR count). The number of rotatable bonds is 5. The van der Waals surface area contributed by atoms with Crippen molar-refractivity contribution in [3.05, 3.63) is 87.5 Å². The van der Waals surface area contributed by atoms with Gasteiger partial charge >= 0.3 is 0 Å². The zero-order valence-corrected chi connectivity index (χ0v) is 14.9. The molecular formula is C19H14FN3O3S. The average Bonchev–Trinajstić information content (AvgIpc) is 2.99. The fraction of sp³-hybridized carbons (Fsp3) is 0.0526. The molecule has 1 aromatic heterocycles. The van der Waals surface area contributed by atoms with Crippen molar-refractivity contribution in [1.29, 1.82) is 0 Å². The Morgan fingerprint density at radius 2 is 2.11 bits per heavy atom. The molecular weight excluding hydrogens is 369 g/mol. The van der Waals surface area contributed by atoms with E-state index in [9.17, 15) is 19.3 Å². The van der Waals surface area contributed by atoms with Gasteiger partial charge in [-0.15, -0.1) is 6.58 Å². The average molecular weight is 383 g/mol. The van der Waals surface area contributed by atoms with Crippen molar-refractivity contribution in [1.82, 2.24) is 4.57 Å². The molecule has 0 saturated heterocycles. The number of para-hydroxylation sites is 1. The number of hydrogen-bond donors (Lipinski definition) is 0. The molecule has 3 aromatic rings. The summed E-state index contributed by atoms with van der Waals surface area (Å²) in [6.45, 7) is 3.96. The third kappa shape index (κ3) is 4.06. The van der Waals surface area contributed by atoms with Gasteiger partial charge in [-0.3, -0.25) is 14.9 Å². The zero-order valence-electron chi connectivity index (χ0n) is 14.0. The first kappa shape index (κ1) is 18.4. The minimum atomic E-state index is -0.550. The molecule has 0 N–H and O–H groups in total. The van der Waals surface area contributed by atoms with Gasteiger partial charge in [0.1, 0.15) is 5.82 Å². The van der Waals surface area contributed by atoms with Crippen LogP contribution in [-0.2, 0) is 11.3 Å². The number of nitrogens with zero attached hydrogens (tertiary/aromatic N) is 3. The molecule has 0 saturated carbocycles. The molecule has 0 unspecified atom stereocenters. The van der Waals surface area contributed by atoms with Crippen LogP contribution in [0, 0.1) is 15.9 Å². The number of benzene rings is 2. The molecule has 1 heterocycles. The quantitative estimate of drug-likeness (QED) is 0.288. The van der Waals surface area contributed by atoms with Crippen molar-refractivity contribution < 1.29 is 14.1 Å². The smallest absolute Gasteiger partial charge is 0.272 e. The Morgan fingerprint density at radius 1 is 1.33 bits per heavy atom. The van der Waals surface area contributed by atoms with E-state index >= 15 is 0 Å². The largest absolute Gasteiger partial charge is 0.310 e. The minimum absolute atomic E-state index is 0.0645. The maximum Gasteiger partial charge on any atom is 0.272 e. The Morgan fingerprint density at radius 3 is 2.85 bits per heavy atom. The van der Waals surface area contributed by atoms with E-state index in [1.54, 1.807) is 28.8 Å². The van der Waals surface area contributed by atoms with Crippen molar-refractivity contribution >= 4 is 39.2 Å². The van der Waals surface area contributed by atoms with E-state index in [2.05, 4.69) is 11.6 Å². The standard InChI is InChI=1S/C19H14FN3O3S/c1-2-11-22-18-15(20)7-4-8-16(18)27-19(22)21-17(24)10-9-13-5-3-6-14(12-13)23(25)26/h2-10,12H,1,11H2. The number of amides is 1. The lowest BCUT2D eigenvalue weighted by Gasteiger charge is -2.01. The van der Waals surface area contributed by atoms with E-state index in [1.807, 2.05) is 0 Å². The molecule has 0 atom stereocenters. The van der Waals surface area contributed by atoms with Gasteiger partial charge < -0.3 is 4.57 Å². The number of hydrogen-bond acceptors (Lipinski definition) is 4. The highest BCUT2D eigenvalue weighted by atomic mass is 32.1. The van der Waals surface area contributed by atoms with Crippen LogP contribution in [0.3, 0.4) is 0 Å². The maximum atomic E-state index is 14.1. The van der Waals surface area contributed by atoms with Crippen molar-refractivity contribution in [2.45, 2.75) is 6.54 Å². The van der Waals surface area contributed by atoms with Crippen molar-refractivity contribution in [3.63, 3.8) is 0 Å². The lowest BCUT2D eigenvalue weighted by atomic mass is 10.2. The number of non-ortho nitro benzene ring substituents is 1. The van der Waals surface area contributed by atoms with E-state index in [1.165, 1.54) is 47.8 Å². The van der Waals surface area contributed by atoms with E-state index < -0.39 is 16.6 Å². The molecule has 0 aliphatic heterocycles. The van der Waals surface area contributed by atoms with Gasteiger partial charge in [-0.25, -0.2) is 4.39 Å². The summed E-state index contributed by atoms with van der Waals surface area (Å²) < 4.78 is 16.4. The molecule has 0 aliphatic rings. The monoisotopic (exact) mass is 383 g/mol. The third-order valence-electron chi connectivity index (χ3n) is 3.67. The normalized spacial score (nSPS) is 12.0. The summed E-state index contributed by atoms with van der Waals surface area (Å²) in [6, 6.07) is 10.6. The van der Waals surface area contributed by atoms with Gasteiger partial charge in [-0.1, -0.05) is 35.6 Å². The lowest BCUT2D eigenvalue weighted by molar-refractivity contribution is -0.384. The van der Waals surface area contributed by atoms with E-state index in [-0.39, 0.29) is 5.69 Å². The summed E-state index contributed by atoms with van der Waals surface area (Å²) in [5.74, 6) is -0.946. The number of fused-ring (bicyclic) bond motifs is 1. The van der Waals surface area contributed by atoms with Crippen LogP contribution in [0.15, 0.2) is 66.2 Å². The molecule has 2 aromatic carbocycles. The van der Waals surface area contributed by atoms with E-state index in [0.29, 0.717) is 27.1 Å². The van der Waals surface area contributed by atoms with Gasteiger partial charge in [0, 0.05) is 24.8 Å². The Balaban J connectivity index is 1.97. The SMILES string of the molecule is C=CCn1c(=NC(=O)C=Cc2cccc([N+](=O)[O-])c2)sc2cccc(F)c21. The van der Waals surface area contributed by atoms with E-state index in [4.69, 9.17) is 0 Å². The second-order valence-corrected chi connectivity index (χ2v) is 6.52. The first-order valence-corrected chi connectivity index (χ1v) is 8.71. The Bertz CT molecular complexity index is 1140. The predicted octanol–water partition coefficient (Wildman–Crippen LogP) is 4.08. The number of carbonyl (C=O) groups is 1. The summed E-state index contributed by atoms with van der Waals surface area (Å²) in [5, 5.41) is 10.8. The van der Waals surface area contributed by atoms with Gasteiger partial charge in [0.25, 0.3) is 11.6 Å². The molecule has 0 bridgehead atoms. The highest BCUT2D eigenvalue weighted by Gasteiger charge is 2.10. The summed E-state index contributed by atoms with van der Waals surface area (Å²) in [7, 11) is 0. The molecule has 0 aliphatic carbocycles. The number of halogens is 1. The zero-order chi connectivity index (χ0) is 19.4. The van der Waals surface area contributed by atoms with Crippen molar-refractivity contribution in [2.24, 2.45) is 4.99 Å².